The van der Waals surface area contributed by atoms with E-state index in [0.29, 0.717) is 6.04 Å². The Morgan fingerprint density at radius 2 is 2.00 bits per heavy atom. The zero-order valence-corrected chi connectivity index (χ0v) is 12.3. The fourth-order valence-corrected chi connectivity index (χ4v) is 2.45. The average Bonchev–Trinajstić information content (AvgIpc) is 3.21. The van der Waals surface area contributed by atoms with Crippen LogP contribution in [0.5, 0.6) is 5.75 Å². The van der Waals surface area contributed by atoms with Crippen molar-refractivity contribution in [2.24, 2.45) is 11.7 Å². The molecule has 106 valence electrons. The van der Waals surface area contributed by atoms with E-state index in [1.807, 2.05) is 18.2 Å². The number of para-hydroxylation sites is 1. The lowest BCUT2D eigenvalue weighted by Crippen LogP contribution is -2.38. The molecule has 1 aromatic carbocycles. The van der Waals surface area contributed by atoms with Crippen LogP contribution in [0, 0.1) is 5.92 Å². The van der Waals surface area contributed by atoms with E-state index >= 15 is 0 Å². The first-order chi connectivity index (χ1) is 9.11. The van der Waals surface area contributed by atoms with Gasteiger partial charge in [-0.2, -0.15) is 0 Å². The summed E-state index contributed by atoms with van der Waals surface area (Å²) < 4.78 is 5.40. The van der Waals surface area contributed by atoms with Gasteiger partial charge in [0.25, 0.3) is 0 Å². The van der Waals surface area contributed by atoms with E-state index in [4.69, 9.17) is 10.5 Å². The van der Waals surface area contributed by atoms with Crippen LogP contribution in [0.1, 0.15) is 38.3 Å². The summed E-state index contributed by atoms with van der Waals surface area (Å²) in [6.45, 7) is 6.57. The molecule has 1 atom stereocenters. The quantitative estimate of drug-likeness (QED) is 0.821. The molecule has 0 heterocycles. The molecule has 0 amide bonds. The second-order valence-electron chi connectivity index (χ2n) is 5.84. The van der Waals surface area contributed by atoms with Crippen molar-refractivity contribution >= 4 is 0 Å². The van der Waals surface area contributed by atoms with Gasteiger partial charge in [0.2, 0.25) is 0 Å². The standard InChI is InChI=1S/C16H26N2O/c1-12(2)18(10-13-8-9-13)11-15(17)14-6-4-5-7-16(14)19-3/h4-7,12-13,15H,8-11,17H2,1-3H3. The van der Waals surface area contributed by atoms with E-state index in [1.165, 1.54) is 19.4 Å². The van der Waals surface area contributed by atoms with Crippen LogP contribution in [0.25, 0.3) is 0 Å². The van der Waals surface area contributed by atoms with E-state index < -0.39 is 0 Å². The van der Waals surface area contributed by atoms with Gasteiger partial charge < -0.3 is 10.5 Å². The highest BCUT2D eigenvalue weighted by atomic mass is 16.5. The highest BCUT2D eigenvalue weighted by Crippen LogP contribution is 2.31. The van der Waals surface area contributed by atoms with Gasteiger partial charge in [-0.05, 0) is 38.7 Å². The Bertz CT molecular complexity index is 401. The van der Waals surface area contributed by atoms with Crippen molar-refractivity contribution in [1.82, 2.24) is 4.90 Å². The molecule has 1 aliphatic rings. The van der Waals surface area contributed by atoms with Gasteiger partial charge in [0.1, 0.15) is 5.75 Å². The molecule has 0 spiro atoms. The highest BCUT2D eigenvalue weighted by Gasteiger charge is 2.26. The summed E-state index contributed by atoms with van der Waals surface area (Å²) in [4.78, 5) is 2.49. The van der Waals surface area contributed by atoms with Crippen molar-refractivity contribution in [2.75, 3.05) is 20.2 Å². The number of rotatable bonds is 7. The van der Waals surface area contributed by atoms with Gasteiger partial charge in [0, 0.05) is 30.7 Å². The van der Waals surface area contributed by atoms with Crippen molar-refractivity contribution in [2.45, 2.75) is 38.8 Å². The van der Waals surface area contributed by atoms with Gasteiger partial charge in [-0.3, -0.25) is 4.90 Å². The van der Waals surface area contributed by atoms with Crippen molar-refractivity contribution in [3.05, 3.63) is 29.8 Å². The Morgan fingerprint density at radius 1 is 1.32 bits per heavy atom. The summed E-state index contributed by atoms with van der Waals surface area (Å²) in [5.74, 6) is 1.79. The summed E-state index contributed by atoms with van der Waals surface area (Å²) in [6.07, 6.45) is 2.76. The van der Waals surface area contributed by atoms with Crippen LogP contribution >= 0.6 is 0 Å². The molecule has 1 saturated carbocycles. The Labute approximate surface area is 116 Å². The van der Waals surface area contributed by atoms with Crippen LogP contribution in [-0.4, -0.2) is 31.1 Å². The Hall–Kier alpha value is -1.06. The number of hydrogen-bond donors (Lipinski definition) is 1. The number of hydrogen-bond acceptors (Lipinski definition) is 3. The van der Waals surface area contributed by atoms with Crippen LogP contribution in [0.3, 0.4) is 0 Å². The van der Waals surface area contributed by atoms with Crippen LogP contribution in [0.15, 0.2) is 24.3 Å². The molecule has 1 aliphatic carbocycles. The van der Waals surface area contributed by atoms with Crippen molar-refractivity contribution < 1.29 is 4.74 Å². The molecular weight excluding hydrogens is 236 g/mol. The molecule has 0 radical (unpaired) electrons. The lowest BCUT2D eigenvalue weighted by Gasteiger charge is -2.29. The highest BCUT2D eigenvalue weighted by molar-refractivity contribution is 5.35. The molecule has 1 aromatic rings. The lowest BCUT2D eigenvalue weighted by atomic mass is 10.1. The van der Waals surface area contributed by atoms with E-state index in [9.17, 15) is 0 Å². The van der Waals surface area contributed by atoms with E-state index in [1.54, 1.807) is 7.11 Å². The van der Waals surface area contributed by atoms with Gasteiger partial charge >= 0.3 is 0 Å². The average molecular weight is 262 g/mol. The maximum absolute atomic E-state index is 6.38. The summed E-state index contributed by atoms with van der Waals surface area (Å²) in [5, 5.41) is 0. The monoisotopic (exact) mass is 262 g/mol. The molecule has 0 bridgehead atoms. The topological polar surface area (TPSA) is 38.5 Å². The first kappa shape index (κ1) is 14.4. The molecule has 0 saturated heterocycles. The number of ether oxygens (including phenoxy) is 1. The third-order valence-corrected chi connectivity index (χ3v) is 3.89. The van der Waals surface area contributed by atoms with Crippen LogP contribution in [0.4, 0.5) is 0 Å². The number of nitrogens with two attached hydrogens (primary N) is 1. The summed E-state index contributed by atoms with van der Waals surface area (Å²) in [6, 6.07) is 8.62. The SMILES string of the molecule is COc1ccccc1C(N)CN(CC1CC1)C(C)C. The molecular formula is C16H26N2O. The maximum Gasteiger partial charge on any atom is 0.123 e. The fourth-order valence-electron chi connectivity index (χ4n) is 2.45. The summed E-state index contributed by atoms with van der Waals surface area (Å²) in [7, 11) is 1.70. The Balaban J connectivity index is 2.02. The fraction of sp³-hybridized carbons (Fsp3) is 0.625. The number of nitrogens with zero attached hydrogens (tertiary/aromatic N) is 1. The lowest BCUT2D eigenvalue weighted by molar-refractivity contribution is 0.199. The number of methoxy groups -OCH3 is 1. The van der Waals surface area contributed by atoms with Gasteiger partial charge in [0.15, 0.2) is 0 Å². The van der Waals surface area contributed by atoms with Gasteiger partial charge in [-0.1, -0.05) is 18.2 Å². The van der Waals surface area contributed by atoms with Crippen molar-refractivity contribution in [1.29, 1.82) is 0 Å². The molecule has 1 fully saturated rings. The first-order valence-electron chi connectivity index (χ1n) is 7.24. The molecule has 3 nitrogen and oxygen atoms in total. The Morgan fingerprint density at radius 3 is 2.58 bits per heavy atom. The van der Waals surface area contributed by atoms with E-state index in [2.05, 4.69) is 24.8 Å². The van der Waals surface area contributed by atoms with Crippen molar-refractivity contribution in [3.8, 4) is 5.75 Å². The van der Waals surface area contributed by atoms with Crippen LogP contribution < -0.4 is 10.5 Å². The number of benzene rings is 1. The third kappa shape index (κ3) is 3.95. The smallest absolute Gasteiger partial charge is 0.123 e. The van der Waals surface area contributed by atoms with Crippen LogP contribution in [-0.2, 0) is 0 Å². The molecule has 2 N–H and O–H groups in total. The second-order valence-corrected chi connectivity index (χ2v) is 5.84. The minimum absolute atomic E-state index is 0.0114. The van der Waals surface area contributed by atoms with Crippen molar-refractivity contribution in [3.63, 3.8) is 0 Å². The largest absolute Gasteiger partial charge is 0.496 e. The van der Waals surface area contributed by atoms with E-state index in [0.717, 1.165) is 23.8 Å². The normalized spacial score (nSPS) is 16.9. The third-order valence-electron chi connectivity index (χ3n) is 3.89. The zero-order valence-electron chi connectivity index (χ0n) is 12.3. The van der Waals surface area contributed by atoms with Crippen LogP contribution in [0.2, 0.25) is 0 Å². The summed E-state index contributed by atoms with van der Waals surface area (Å²) >= 11 is 0. The zero-order chi connectivity index (χ0) is 13.8. The molecule has 2 rings (SSSR count). The molecule has 3 heteroatoms. The maximum atomic E-state index is 6.38. The predicted molar refractivity (Wildman–Crippen MR) is 79.4 cm³/mol. The minimum atomic E-state index is 0.0114. The van der Waals surface area contributed by atoms with Gasteiger partial charge in [0.05, 0.1) is 7.11 Å². The predicted octanol–water partition coefficient (Wildman–Crippen LogP) is 2.82. The first-order valence-corrected chi connectivity index (χ1v) is 7.24. The van der Waals surface area contributed by atoms with Gasteiger partial charge in [-0.15, -0.1) is 0 Å². The minimum Gasteiger partial charge on any atom is -0.496 e. The summed E-state index contributed by atoms with van der Waals surface area (Å²) in [5.41, 5.74) is 7.49. The second kappa shape index (κ2) is 6.40. The van der Waals surface area contributed by atoms with Gasteiger partial charge in [-0.25, -0.2) is 0 Å². The molecule has 0 aliphatic heterocycles. The molecule has 19 heavy (non-hydrogen) atoms. The molecule has 1 unspecified atom stereocenters. The molecule has 0 aromatic heterocycles. The Kier molecular flexibility index (Phi) is 4.83. The van der Waals surface area contributed by atoms with E-state index in [-0.39, 0.29) is 6.04 Å².